The summed E-state index contributed by atoms with van der Waals surface area (Å²) in [6.07, 6.45) is -5.08. The Morgan fingerprint density at radius 3 is 2.48 bits per heavy atom. The second kappa shape index (κ2) is 9.18. The number of rotatable bonds is 5. The summed E-state index contributed by atoms with van der Waals surface area (Å²) in [5.41, 5.74) is -0.746. The first-order valence-electron chi connectivity index (χ1n) is 10.8. The molecule has 2 unspecified atom stereocenters. The van der Waals surface area contributed by atoms with Gasteiger partial charge in [-0.3, -0.25) is 9.59 Å². The van der Waals surface area contributed by atoms with E-state index in [2.05, 4.69) is 15.5 Å². The summed E-state index contributed by atoms with van der Waals surface area (Å²) in [5, 5.41) is 9.46. The van der Waals surface area contributed by atoms with Crippen LogP contribution < -0.4 is 5.32 Å². The number of alkyl halides is 3. The highest BCUT2D eigenvalue weighted by atomic mass is 19.4. The molecule has 33 heavy (non-hydrogen) atoms. The molecule has 1 N–H and O–H groups in total. The molecular formula is C20H29F3N6O4. The number of carbonyl (C=O) groups is 3. The van der Waals surface area contributed by atoms with Crippen LogP contribution in [-0.2, 0) is 33.6 Å². The fourth-order valence-electron chi connectivity index (χ4n) is 3.97. The summed E-state index contributed by atoms with van der Waals surface area (Å²) < 4.78 is 45.4. The molecule has 3 amide bonds. The normalized spacial score (nSPS) is 20.0. The quantitative estimate of drug-likeness (QED) is 0.697. The Kier molecular flexibility index (Phi) is 6.89. The molecule has 3 rings (SSSR count). The first kappa shape index (κ1) is 24.8. The number of hydrogen-bond donors (Lipinski definition) is 1. The predicted molar refractivity (Wildman–Crippen MR) is 109 cm³/mol. The zero-order valence-corrected chi connectivity index (χ0v) is 19.1. The van der Waals surface area contributed by atoms with Gasteiger partial charge in [0.1, 0.15) is 5.60 Å². The van der Waals surface area contributed by atoms with Gasteiger partial charge in [-0.15, -0.1) is 10.2 Å². The van der Waals surface area contributed by atoms with E-state index in [1.165, 1.54) is 4.90 Å². The Labute approximate surface area is 189 Å². The van der Waals surface area contributed by atoms with Crippen LogP contribution in [0.2, 0.25) is 0 Å². The largest absolute Gasteiger partial charge is 0.451 e. The van der Waals surface area contributed by atoms with E-state index in [1.807, 2.05) is 6.92 Å². The minimum atomic E-state index is -4.63. The van der Waals surface area contributed by atoms with Crippen LogP contribution in [0.1, 0.15) is 52.2 Å². The van der Waals surface area contributed by atoms with E-state index in [0.717, 1.165) is 4.57 Å². The Balaban J connectivity index is 1.68. The van der Waals surface area contributed by atoms with Crippen molar-refractivity contribution in [3.05, 3.63) is 11.6 Å². The van der Waals surface area contributed by atoms with Crippen LogP contribution in [0.5, 0.6) is 0 Å². The van der Waals surface area contributed by atoms with Gasteiger partial charge in [0.25, 0.3) is 0 Å². The maximum Gasteiger partial charge on any atom is 0.451 e. The monoisotopic (exact) mass is 474 g/mol. The van der Waals surface area contributed by atoms with E-state index < -0.39 is 29.7 Å². The van der Waals surface area contributed by atoms with Gasteiger partial charge in [0.15, 0.2) is 5.82 Å². The van der Waals surface area contributed by atoms with Crippen LogP contribution >= 0.6 is 0 Å². The third kappa shape index (κ3) is 6.35. The van der Waals surface area contributed by atoms with Gasteiger partial charge < -0.3 is 24.4 Å². The summed E-state index contributed by atoms with van der Waals surface area (Å²) in [4.78, 5) is 40.5. The number of alkyl carbamates (subject to hydrolysis) is 1. The first-order valence-corrected chi connectivity index (χ1v) is 10.8. The second-order valence-corrected chi connectivity index (χ2v) is 9.56. The van der Waals surface area contributed by atoms with Crippen molar-refractivity contribution >= 4 is 17.9 Å². The summed E-state index contributed by atoms with van der Waals surface area (Å²) in [7, 11) is 0. The molecule has 0 radical (unpaired) electrons. The average molecular weight is 474 g/mol. The number of aromatic nitrogens is 3. The SMILES string of the molecule is CC1CC(=O)N(CC(CC(=O)N2CCn3c(nnc3C(F)(F)F)C2)NC(=O)OC(C)(C)C)C1. The minimum Gasteiger partial charge on any atom is -0.444 e. The fraction of sp³-hybridized carbons (Fsp3) is 0.750. The van der Waals surface area contributed by atoms with Crippen LogP contribution in [0.25, 0.3) is 0 Å². The van der Waals surface area contributed by atoms with E-state index in [4.69, 9.17) is 4.74 Å². The van der Waals surface area contributed by atoms with Crippen LogP contribution in [0.3, 0.4) is 0 Å². The number of nitrogens with zero attached hydrogens (tertiary/aromatic N) is 5. The van der Waals surface area contributed by atoms with Gasteiger partial charge in [-0.1, -0.05) is 6.92 Å². The molecule has 2 aliphatic rings. The van der Waals surface area contributed by atoms with E-state index in [-0.39, 0.29) is 56.2 Å². The summed E-state index contributed by atoms with van der Waals surface area (Å²) in [5.74, 6) is -1.31. The lowest BCUT2D eigenvalue weighted by Gasteiger charge is -2.31. The number of halogens is 3. The molecule has 1 saturated heterocycles. The smallest absolute Gasteiger partial charge is 0.444 e. The van der Waals surface area contributed by atoms with Crippen molar-refractivity contribution in [2.75, 3.05) is 19.6 Å². The van der Waals surface area contributed by atoms with E-state index >= 15 is 0 Å². The van der Waals surface area contributed by atoms with E-state index in [0.29, 0.717) is 13.0 Å². The van der Waals surface area contributed by atoms with Crippen LogP contribution in [0.4, 0.5) is 18.0 Å². The maximum absolute atomic E-state index is 13.0. The molecule has 2 aliphatic heterocycles. The molecule has 13 heteroatoms. The first-order chi connectivity index (χ1) is 15.2. The molecule has 3 heterocycles. The maximum atomic E-state index is 13.0. The van der Waals surface area contributed by atoms with Gasteiger partial charge in [-0.05, 0) is 26.7 Å². The highest BCUT2D eigenvalue weighted by molar-refractivity contribution is 5.80. The van der Waals surface area contributed by atoms with Crippen molar-refractivity contribution < 1.29 is 32.3 Å². The molecule has 0 spiro atoms. The number of amides is 3. The van der Waals surface area contributed by atoms with Crippen molar-refractivity contribution in [2.24, 2.45) is 5.92 Å². The number of hydrogen-bond acceptors (Lipinski definition) is 6. The number of fused-ring (bicyclic) bond motifs is 1. The lowest BCUT2D eigenvalue weighted by atomic mass is 10.1. The highest BCUT2D eigenvalue weighted by Gasteiger charge is 2.40. The number of ether oxygens (including phenoxy) is 1. The number of likely N-dealkylation sites (tertiary alicyclic amines) is 1. The standard InChI is InChI=1S/C20H29F3N6O4/c1-12-7-15(30)28(9-12)10-13(24-18(32)33-19(2,3)4)8-16(31)27-5-6-29-14(11-27)25-26-17(29)20(21,22)23/h12-13H,5-11H2,1-4H3,(H,24,32). The van der Waals surface area contributed by atoms with E-state index in [1.54, 1.807) is 25.7 Å². The fourth-order valence-corrected chi connectivity index (χ4v) is 3.97. The molecule has 0 bridgehead atoms. The molecule has 10 nitrogen and oxygen atoms in total. The van der Waals surface area contributed by atoms with Gasteiger partial charge in [-0.2, -0.15) is 13.2 Å². The molecule has 1 aromatic rings. The van der Waals surface area contributed by atoms with E-state index in [9.17, 15) is 27.6 Å². The molecule has 184 valence electrons. The Morgan fingerprint density at radius 2 is 1.91 bits per heavy atom. The Hall–Kier alpha value is -2.86. The average Bonchev–Trinajstić information content (AvgIpc) is 3.21. The number of carbonyl (C=O) groups excluding carboxylic acids is 3. The molecule has 1 fully saturated rings. The third-order valence-electron chi connectivity index (χ3n) is 5.35. The Bertz CT molecular complexity index is 911. The van der Waals surface area contributed by atoms with Crippen LogP contribution in [0.15, 0.2) is 0 Å². The highest BCUT2D eigenvalue weighted by Crippen LogP contribution is 2.29. The molecule has 0 aromatic carbocycles. The van der Waals surface area contributed by atoms with Crippen molar-refractivity contribution in [3.63, 3.8) is 0 Å². The van der Waals surface area contributed by atoms with Gasteiger partial charge in [-0.25, -0.2) is 4.79 Å². The van der Waals surface area contributed by atoms with Crippen molar-refractivity contribution in [2.45, 2.75) is 71.4 Å². The molecule has 0 aliphatic carbocycles. The molecule has 0 saturated carbocycles. The van der Waals surface area contributed by atoms with Gasteiger partial charge in [0, 0.05) is 39.0 Å². The lowest BCUT2D eigenvalue weighted by Crippen LogP contribution is -2.49. The zero-order chi connectivity index (χ0) is 24.6. The van der Waals surface area contributed by atoms with Crippen LogP contribution in [0, 0.1) is 5.92 Å². The van der Waals surface area contributed by atoms with Gasteiger partial charge >= 0.3 is 12.3 Å². The van der Waals surface area contributed by atoms with Crippen molar-refractivity contribution in [3.8, 4) is 0 Å². The zero-order valence-electron chi connectivity index (χ0n) is 19.1. The van der Waals surface area contributed by atoms with Gasteiger partial charge in [0.05, 0.1) is 12.6 Å². The van der Waals surface area contributed by atoms with Crippen molar-refractivity contribution in [1.29, 1.82) is 0 Å². The summed E-state index contributed by atoms with van der Waals surface area (Å²) >= 11 is 0. The van der Waals surface area contributed by atoms with Crippen LogP contribution in [-0.4, -0.2) is 73.7 Å². The molecule has 2 atom stereocenters. The summed E-state index contributed by atoms with van der Waals surface area (Å²) in [6, 6.07) is -0.716. The van der Waals surface area contributed by atoms with Gasteiger partial charge in [0.2, 0.25) is 17.6 Å². The topological polar surface area (TPSA) is 110 Å². The molecule has 1 aromatic heterocycles. The Morgan fingerprint density at radius 1 is 1.21 bits per heavy atom. The lowest BCUT2D eigenvalue weighted by molar-refractivity contribution is -0.148. The predicted octanol–water partition coefficient (Wildman–Crippen LogP) is 1.79. The minimum absolute atomic E-state index is 0.0436. The number of nitrogens with one attached hydrogen (secondary N) is 1. The second-order valence-electron chi connectivity index (χ2n) is 9.56. The molecular weight excluding hydrogens is 445 g/mol. The van der Waals surface area contributed by atoms with Crippen molar-refractivity contribution in [1.82, 2.24) is 29.9 Å². The third-order valence-corrected chi connectivity index (χ3v) is 5.35. The summed E-state index contributed by atoms with van der Waals surface area (Å²) in [6.45, 7) is 7.55.